The maximum atomic E-state index is 13.7. The second kappa shape index (κ2) is 10.3. The summed E-state index contributed by atoms with van der Waals surface area (Å²) in [6.07, 6.45) is 0.534. The number of hydrogen-bond acceptors (Lipinski definition) is 17. The van der Waals surface area contributed by atoms with E-state index in [9.17, 15) is 9.46 Å². The summed E-state index contributed by atoms with van der Waals surface area (Å²) in [7, 11) is 0. The van der Waals surface area contributed by atoms with Crippen LogP contribution in [0.3, 0.4) is 0 Å². The van der Waals surface area contributed by atoms with Crippen molar-refractivity contribution in [3.8, 4) is 0 Å². The third-order valence-corrected chi connectivity index (χ3v) is 11.0. The molecule has 8 rings (SSSR count). The first-order chi connectivity index (χ1) is 21.0. The van der Waals surface area contributed by atoms with Crippen molar-refractivity contribution in [3.63, 3.8) is 0 Å². The Morgan fingerprint density at radius 1 is 0.955 bits per heavy atom. The molecule has 4 aromatic rings. The molecular weight excluding hydrogens is 662 g/mol. The van der Waals surface area contributed by atoms with E-state index in [0.29, 0.717) is 22.3 Å². The predicted octanol–water partition coefficient (Wildman–Crippen LogP) is 0.856. The quantitative estimate of drug-likeness (QED) is 0.169. The largest absolute Gasteiger partial charge is 0.386 e. The van der Waals surface area contributed by atoms with Gasteiger partial charge < -0.3 is 35.1 Å². The van der Waals surface area contributed by atoms with E-state index in [1.807, 2.05) is 0 Å². The van der Waals surface area contributed by atoms with E-state index >= 15 is 0 Å². The van der Waals surface area contributed by atoms with Gasteiger partial charge in [0, 0.05) is 6.42 Å². The number of nitrogens with zero attached hydrogens (tertiary/aromatic N) is 8. The molecule has 4 aliphatic heterocycles. The minimum atomic E-state index is -4.10. The average Bonchev–Trinajstić information content (AvgIpc) is 3.79. The summed E-state index contributed by atoms with van der Waals surface area (Å²) in [6.45, 7) is -8.62. The van der Waals surface area contributed by atoms with E-state index in [-0.39, 0.29) is 37.9 Å². The molecule has 0 aliphatic carbocycles. The predicted molar refractivity (Wildman–Crippen MR) is 155 cm³/mol. The lowest BCUT2D eigenvalue weighted by molar-refractivity contribution is -0.182. The van der Waals surface area contributed by atoms with E-state index in [1.54, 1.807) is 9.13 Å². The number of ether oxygens (including phenoxy) is 3. The molecule has 2 unspecified atom stereocenters. The molecule has 4 bridgehead atoms. The third-order valence-electron chi connectivity index (χ3n) is 7.85. The van der Waals surface area contributed by atoms with Crippen LogP contribution in [0.2, 0.25) is 0 Å². The molecule has 4 fully saturated rings. The van der Waals surface area contributed by atoms with Crippen LogP contribution in [-0.4, -0.2) is 93.8 Å². The van der Waals surface area contributed by atoms with Crippen LogP contribution in [0, 0.1) is 0 Å². The van der Waals surface area contributed by atoms with Crippen molar-refractivity contribution in [3.05, 3.63) is 25.3 Å². The number of fused-ring (bicyclic) bond motifs is 4. The van der Waals surface area contributed by atoms with E-state index in [1.165, 1.54) is 25.3 Å². The fourth-order valence-corrected chi connectivity index (χ4v) is 8.88. The number of thiol groups is 1. The first-order valence-electron chi connectivity index (χ1n) is 13.1. The van der Waals surface area contributed by atoms with Crippen molar-refractivity contribution >= 4 is 71.5 Å². The lowest BCUT2D eigenvalue weighted by atomic mass is 10.0. The molecule has 9 atom stereocenters. The maximum absolute atomic E-state index is 13.7. The van der Waals surface area contributed by atoms with Gasteiger partial charge in [-0.2, -0.15) is 0 Å². The van der Waals surface area contributed by atoms with Crippen LogP contribution in [0.15, 0.2) is 25.3 Å². The van der Waals surface area contributed by atoms with Crippen LogP contribution >= 0.6 is 25.8 Å². The number of nitrogen functional groups attached to an aromatic ring is 2. The van der Waals surface area contributed by atoms with Gasteiger partial charge in [0.05, 0.1) is 38.6 Å². The molecule has 44 heavy (non-hydrogen) atoms. The Hall–Kier alpha value is -2.39. The number of rotatable bonds is 2. The normalized spacial score (nSPS) is 39.2. The number of hydrogen-bond donors (Lipinski definition) is 4. The zero-order valence-corrected chi connectivity index (χ0v) is 25.8. The van der Waals surface area contributed by atoms with Gasteiger partial charge in [-0.3, -0.25) is 22.7 Å². The van der Waals surface area contributed by atoms with Crippen molar-refractivity contribution in [1.82, 2.24) is 39.0 Å². The minimum absolute atomic E-state index is 0.0500. The number of aromatic nitrogens is 8. The van der Waals surface area contributed by atoms with Gasteiger partial charge in [0.25, 0.3) is 0 Å². The second-order valence-corrected chi connectivity index (χ2v) is 16.2. The summed E-state index contributed by atoms with van der Waals surface area (Å²) >= 11 is 9.67. The second-order valence-electron chi connectivity index (χ2n) is 10.6. The molecule has 19 nitrogen and oxygen atoms in total. The van der Waals surface area contributed by atoms with Gasteiger partial charge in [-0.1, -0.05) is 12.2 Å². The highest BCUT2D eigenvalue weighted by Crippen LogP contribution is 2.61. The van der Waals surface area contributed by atoms with Crippen LogP contribution in [0.4, 0.5) is 11.6 Å². The summed E-state index contributed by atoms with van der Waals surface area (Å²) in [5.74, 6) is 0.355. The van der Waals surface area contributed by atoms with Gasteiger partial charge in [0.1, 0.15) is 47.6 Å². The third kappa shape index (κ3) is 4.74. The Balaban J connectivity index is 1.12. The monoisotopic (exact) mass is 686 g/mol. The molecule has 0 amide bonds. The summed E-state index contributed by atoms with van der Waals surface area (Å²) in [4.78, 5) is 36.2. The van der Waals surface area contributed by atoms with Crippen LogP contribution in [0.25, 0.3) is 22.3 Å². The van der Waals surface area contributed by atoms with Gasteiger partial charge in [0.15, 0.2) is 35.4 Å². The van der Waals surface area contributed by atoms with Crippen molar-refractivity contribution in [1.29, 1.82) is 0 Å². The van der Waals surface area contributed by atoms with Crippen LogP contribution in [-0.2, 0) is 48.7 Å². The van der Waals surface area contributed by atoms with Gasteiger partial charge in [0.2, 0.25) is 0 Å². The average molecular weight is 687 g/mol. The molecular formula is C21H24N10O9P2S2. The van der Waals surface area contributed by atoms with Gasteiger partial charge in [-0.05, 0) is 11.8 Å². The minimum Gasteiger partial charge on any atom is -0.382 e. The highest BCUT2D eigenvalue weighted by molar-refractivity contribution is 8.44. The fourth-order valence-electron chi connectivity index (χ4n) is 5.89. The Labute approximate surface area is 257 Å². The summed E-state index contributed by atoms with van der Waals surface area (Å²) < 4.78 is 59.1. The topological polar surface area (TPSA) is 241 Å². The molecule has 0 radical (unpaired) electrons. The summed E-state index contributed by atoms with van der Waals surface area (Å²) in [5, 5.41) is 0. The Morgan fingerprint density at radius 2 is 1.61 bits per heavy atom. The molecule has 5 N–H and O–H groups in total. The van der Waals surface area contributed by atoms with Crippen LogP contribution < -0.4 is 11.5 Å². The zero-order chi connectivity index (χ0) is 30.4. The Bertz CT molecular complexity index is 1880. The molecule has 23 heteroatoms. The molecule has 234 valence electrons. The van der Waals surface area contributed by atoms with Crippen LogP contribution in [0.5, 0.6) is 0 Å². The first kappa shape index (κ1) is 29.0. The van der Waals surface area contributed by atoms with E-state index in [4.69, 9.17) is 55.6 Å². The van der Waals surface area contributed by atoms with E-state index in [0.717, 1.165) is 0 Å². The maximum Gasteiger partial charge on any atom is 0.386 e. The van der Waals surface area contributed by atoms with E-state index in [2.05, 4.69) is 42.2 Å². The highest BCUT2D eigenvalue weighted by atomic mass is 32.7. The number of imidazole rings is 2. The van der Waals surface area contributed by atoms with Gasteiger partial charge in [-0.25, -0.2) is 34.5 Å². The SMILES string of the molecule is Nc1ncnc2c1ncn2[C@@H]1O[C@@]23CO[C@@H]1[C@@H]2OP(O)(=S)OC[C@@H]1C[C@@H](OP(=O)(S)OC3)[C@H](n2cnc3c(N)ncnc32)O1. The molecule has 0 saturated carbocycles. The summed E-state index contributed by atoms with van der Waals surface area (Å²) in [6, 6.07) is 0. The van der Waals surface area contributed by atoms with Gasteiger partial charge in [-0.15, -0.1) is 0 Å². The fraction of sp³-hybridized carbons (Fsp3) is 0.524. The first-order valence-corrected chi connectivity index (χ1v) is 18.4. The van der Waals surface area contributed by atoms with Crippen molar-refractivity contribution in [2.24, 2.45) is 0 Å². The molecule has 0 spiro atoms. The molecule has 8 heterocycles. The van der Waals surface area contributed by atoms with Crippen LogP contribution in [0.1, 0.15) is 18.9 Å². The summed E-state index contributed by atoms with van der Waals surface area (Å²) in [5.41, 5.74) is 12.0. The standard InChI is InChI=1S/C21H24N10O9P2S2/c22-15-11-17(26-5-24-15)30(7-28-11)19-10-1-9(37-19)2-35-41(32,43)40-14-13-20(31-8-29-12-16(23)25-6-27-18(12)31)38-21(14,3-34-13)4-36-42(33,44)39-10/h5-10,13-14,19-20H,1-4H2,(H,32,43)(H,33,44)(H2,22,24,26)(H2,23,25,27)/t9-,10+,13+,14-,19+,20+,21+,41?,42?/m0/s1. The lowest BCUT2D eigenvalue weighted by Crippen LogP contribution is -2.45. The lowest BCUT2D eigenvalue weighted by Gasteiger charge is -2.33. The van der Waals surface area contributed by atoms with Gasteiger partial charge >= 0.3 is 13.5 Å². The Morgan fingerprint density at radius 3 is 2.30 bits per heavy atom. The molecule has 0 aromatic carbocycles. The molecule has 4 saturated heterocycles. The van der Waals surface area contributed by atoms with E-state index < -0.39 is 56.0 Å². The van der Waals surface area contributed by atoms with Crippen molar-refractivity contribution in [2.45, 2.75) is 48.9 Å². The molecule has 4 aliphatic rings. The van der Waals surface area contributed by atoms with Crippen molar-refractivity contribution < 1.29 is 41.8 Å². The molecule has 4 aromatic heterocycles. The Kier molecular flexibility index (Phi) is 6.81. The zero-order valence-electron chi connectivity index (χ0n) is 22.3. The highest BCUT2D eigenvalue weighted by Gasteiger charge is 2.65. The smallest absolute Gasteiger partial charge is 0.382 e. The number of anilines is 2. The number of nitrogens with two attached hydrogens (primary N) is 2. The van der Waals surface area contributed by atoms with Crippen molar-refractivity contribution in [2.75, 3.05) is 31.3 Å².